The summed E-state index contributed by atoms with van der Waals surface area (Å²) in [5.41, 5.74) is 1.68. The van der Waals surface area contributed by atoms with Crippen molar-refractivity contribution in [1.82, 2.24) is 10.1 Å². The topological polar surface area (TPSA) is 77.2 Å². The Morgan fingerprint density at radius 1 is 1.03 bits per heavy atom. The summed E-state index contributed by atoms with van der Waals surface area (Å²) >= 11 is 0. The molecule has 0 radical (unpaired) electrons. The largest absolute Gasteiger partial charge is 0.497 e. The summed E-state index contributed by atoms with van der Waals surface area (Å²) in [4.78, 5) is 16.8. The molecule has 0 aliphatic heterocycles. The van der Waals surface area contributed by atoms with E-state index < -0.39 is 0 Å². The van der Waals surface area contributed by atoms with E-state index in [0.717, 1.165) is 27.8 Å². The number of aromatic nitrogens is 2. The second-order valence-corrected chi connectivity index (χ2v) is 6.67. The van der Waals surface area contributed by atoms with Gasteiger partial charge >= 0.3 is 0 Å². The van der Waals surface area contributed by atoms with Gasteiger partial charge in [0.1, 0.15) is 5.75 Å². The summed E-state index contributed by atoms with van der Waals surface area (Å²) < 4.78 is 10.5. The molecule has 1 N–H and O–H groups in total. The number of nitrogens with zero attached hydrogens (tertiary/aromatic N) is 2. The summed E-state index contributed by atoms with van der Waals surface area (Å²) in [5, 5.41) is 9.14. The van der Waals surface area contributed by atoms with Gasteiger partial charge in [0, 0.05) is 29.5 Å². The first-order valence-corrected chi connectivity index (χ1v) is 9.47. The van der Waals surface area contributed by atoms with E-state index in [1.807, 2.05) is 66.7 Å². The van der Waals surface area contributed by atoms with Crippen LogP contribution in [0.1, 0.15) is 18.7 Å². The van der Waals surface area contributed by atoms with E-state index in [2.05, 4.69) is 15.5 Å². The van der Waals surface area contributed by atoms with Gasteiger partial charge in [-0.05, 0) is 42.1 Å². The Hall–Kier alpha value is -3.67. The lowest BCUT2D eigenvalue weighted by Crippen LogP contribution is -2.11. The molecule has 1 heterocycles. The Balaban J connectivity index is 1.32. The highest BCUT2D eigenvalue weighted by molar-refractivity contribution is 6.02. The Labute approximate surface area is 168 Å². The third kappa shape index (κ3) is 4.43. The van der Waals surface area contributed by atoms with Crippen LogP contribution < -0.4 is 10.1 Å². The average molecular weight is 387 g/mol. The zero-order chi connectivity index (χ0) is 20.1. The van der Waals surface area contributed by atoms with E-state index in [0.29, 0.717) is 31.0 Å². The Morgan fingerprint density at radius 3 is 2.66 bits per heavy atom. The molecule has 146 valence electrons. The molecule has 3 aromatic carbocycles. The van der Waals surface area contributed by atoms with E-state index in [9.17, 15) is 4.79 Å². The van der Waals surface area contributed by atoms with E-state index in [-0.39, 0.29) is 5.91 Å². The molecule has 1 aromatic heterocycles. The van der Waals surface area contributed by atoms with Gasteiger partial charge in [0.05, 0.1) is 7.11 Å². The minimum atomic E-state index is -0.0313. The second-order valence-electron chi connectivity index (χ2n) is 6.67. The number of carbonyl (C=O) groups excluding carboxylic acids is 1. The van der Waals surface area contributed by atoms with Gasteiger partial charge in [0.2, 0.25) is 17.6 Å². The standard InChI is InChI=1S/C23H21N3O3/c1-28-18-14-12-17(13-15-18)23-25-22(29-26-23)11-5-10-21(27)24-20-9-4-7-16-6-2-3-8-19(16)20/h2-4,6-9,12-15H,5,10-11H2,1H3,(H,24,27). The number of benzene rings is 3. The van der Waals surface area contributed by atoms with Crippen molar-refractivity contribution < 1.29 is 14.1 Å². The highest BCUT2D eigenvalue weighted by Crippen LogP contribution is 2.23. The molecule has 0 aliphatic carbocycles. The predicted octanol–water partition coefficient (Wildman–Crippen LogP) is 4.86. The Morgan fingerprint density at radius 2 is 1.83 bits per heavy atom. The number of ether oxygens (including phenoxy) is 1. The molecule has 1 amide bonds. The van der Waals surface area contributed by atoms with Crippen molar-refractivity contribution in [2.45, 2.75) is 19.3 Å². The molecule has 0 saturated heterocycles. The summed E-state index contributed by atoms with van der Waals surface area (Å²) in [6.07, 6.45) is 1.55. The summed E-state index contributed by atoms with van der Waals surface area (Å²) in [7, 11) is 1.62. The highest BCUT2D eigenvalue weighted by Gasteiger charge is 2.10. The molecular formula is C23H21N3O3. The van der Waals surface area contributed by atoms with Crippen LogP contribution in [0.5, 0.6) is 5.75 Å². The van der Waals surface area contributed by atoms with Crippen LogP contribution in [0.15, 0.2) is 71.3 Å². The maximum atomic E-state index is 12.3. The zero-order valence-corrected chi connectivity index (χ0v) is 16.1. The lowest BCUT2D eigenvalue weighted by Gasteiger charge is -2.08. The van der Waals surface area contributed by atoms with Crippen molar-refractivity contribution in [3.05, 3.63) is 72.6 Å². The highest BCUT2D eigenvalue weighted by atomic mass is 16.5. The van der Waals surface area contributed by atoms with Crippen molar-refractivity contribution in [3.8, 4) is 17.1 Å². The van der Waals surface area contributed by atoms with E-state index >= 15 is 0 Å². The lowest BCUT2D eigenvalue weighted by molar-refractivity contribution is -0.116. The summed E-state index contributed by atoms with van der Waals surface area (Å²) in [6.45, 7) is 0. The van der Waals surface area contributed by atoms with E-state index in [4.69, 9.17) is 9.26 Å². The molecule has 0 unspecified atom stereocenters. The van der Waals surface area contributed by atoms with Gasteiger partial charge in [-0.25, -0.2) is 0 Å². The van der Waals surface area contributed by atoms with E-state index in [1.165, 1.54) is 0 Å². The number of fused-ring (bicyclic) bond motifs is 1. The molecule has 0 aliphatic rings. The number of amides is 1. The van der Waals surface area contributed by atoms with Gasteiger partial charge in [0.15, 0.2) is 0 Å². The van der Waals surface area contributed by atoms with Crippen molar-refractivity contribution in [2.24, 2.45) is 0 Å². The first-order valence-electron chi connectivity index (χ1n) is 9.47. The number of hydrogen-bond donors (Lipinski definition) is 1. The molecule has 6 nitrogen and oxygen atoms in total. The number of hydrogen-bond acceptors (Lipinski definition) is 5. The van der Waals surface area contributed by atoms with Crippen LogP contribution in [0.4, 0.5) is 5.69 Å². The monoisotopic (exact) mass is 387 g/mol. The van der Waals surface area contributed by atoms with Crippen molar-refractivity contribution >= 4 is 22.4 Å². The summed E-state index contributed by atoms with van der Waals surface area (Å²) in [6, 6.07) is 21.3. The maximum Gasteiger partial charge on any atom is 0.226 e. The van der Waals surface area contributed by atoms with Crippen LogP contribution in [0.3, 0.4) is 0 Å². The van der Waals surface area contributed by atoms with Gasteiger partial charge in [0.25, 0.3) is 0 Å². The first-order chi connectivity index (χ1) is 14.2. The average Bonchev–Trinajstić information content (AvgIpc) is 3.23. The number of aryl methyl sites for hydroxylation is 1. The van der Waals surface area contributed by atoms with Gasteiger partial charge in [-0.15, -0.1) is 0 Å². The molecule has 0 bridgehead atoms. The minimum Gasteiger partial charge on any atom is -0.497 e. The van der Waals surface area contributed by atoms with Crippen LogP contribution in [0, 0.1) is 0 Å². The van der Waals surface area contributed by atoms with Crippen LogP contribution in [0.25, 0.3) is 22.2 Å². The molecule has 6 heteroatoms. The van der Waals surface area contributed by atoms with E-state index in [1.54, 1.807) is 7.11 Å². The quantitative estimate of drug-likeness (QED) is 0.490. The number of anilines is 1. The molecule has 29 heavy (non-hydrogen) atoms. The number of methoxy groups -OCH3 is 1. The molecule has 0 saturated carbocycles. The van der Waals surface area contributed by atoms with Crippen LogP contribution in [-0.4, -0.2) is 23.2 Å². The third-order valence-electron chi connectivity index (χ3n) is 4.67. The van der Waals surface area contributed by atoms with Gasteiger partial charge in [-0.2, -0.15) is 4.98 Å². The smallest absolute Gasteiger partial charge is 0.226 e. The fourth-order valence-electron chi connectivity index (χ4n) is 3.16. The van der Waals surface area contributed by atoms with Crippen LogP contribution >= 0.6 is 0 Å². The molecular weight excluding hydrogens is 366 g/mol. The summed E-state index contributed by atoms with van der Waals surface area (Å²) in [5.74, 6) is 1.79. The van der Waals surface area contributed by atoms with Crippen molar-refractivity contribution in [1.29, 1.82) is 0 Å². The van der Waals surface area contributed by atoms with Gasteiger partial charge in [-0.3, -0.25) is 4.79 Å². The second kappa shape index (κ2) is 8.56. The number of nitrogens with one attached hydrogen (secondary N) is 1. The minimum absolute atomic E-state index is 0.0313. The Kier molecular flexibility index (Phi) is 5.52. The zero-order valence-electron chi connectivity index (χ0n) is 16.1. The SMILES string of the molecule is COc1ccc(-c2noc(CCCC(=O)Nc3cccc4ccccc34)n2)cc1. The predicted molar refractivity (Wildman–Crippen MR) is 112 cm³/mol. The lowest BCUT2D eigenvalue weighted by atomic mass is 10.1. The normalized spacial score (nSPS) is 10.8. The molecule has 0 spiro atoms. The molecule has 4 aromatic rings. The number of rotatable bonds is 7. The molecule has 4 rings (SSSR count). The number of carbonyl (C=O) groups is 1. The third-order valence-corrected chi connectivity index (χ3v) is 4.67. The molecule has 0 fully saturated rings. The first kappa shape index (κ1) is 18.7. The fourth-order valence-corrected chi connectivity index (χ4v) is 3.16. The Bertz CT molecular complexity index is 1110. The van der Waals surface area contributed by atoms with Gasteiger partial charge < -0.3 is 14.6 Å². The van der Waals surface area contributed by atoms with Crippen molar-refractivity contribution in [2.75, 3.05) is 12.4 Å². The maximum absolute atomic E-state index is 12.3. The fraction of sp³-hybridized carbons (Fsp3) is 0.174. The van der Waals surface area contributed by atoms with Crippen LogP contribution in [0.2, 0.25) is 0 Å². The van der Waals surface area contributed by atoms with Gasteiger partial charge in [-0.1, -0.05) is 41.6 Å². The molecule has 0 atom stereocenters. The van der Waals surface area contributed by atoms with Crippen molar-refractivity contribution in [3.63, 3.8) is 0 Å². The van der Waals surface area contributed by atoms with Crippen LogP contribution in [-0.2, 0) is 11.2 Å².